The highest BCUT2D eigenvalue weighted by Crippen LogP contribution is 2.19. The van der Waals surface area contributed by atoms with E-state index in [0.717, 1.165) is 16.0 Å². The van der Waals surface area contributed by atoms with Gasteiger partial charge in [-0.05, 0) is 40.8 Å². The van der Waals surface area contributed by atoms with Gasteiger partial charge in [0.25, 0.3) is 11.5 Å². The van der Waals surface area contributed by atoms with E-state index in [-0.39, 0.29) is 16.9 Å². The monoisotopic (exact) mass is 385 g/mol. The minimum atomic E-state index is -1.15. The van der Waals surface area contributed by atoms with Gasteiger partial charge >= 0.3 is 5.97 Å². The minimum Gasteiger partial charge on any atom is -0.478 e. The molecule has 0 fully saturated rings. The first-order valence-corrected chi connectivity index (χ1v) is 6.44. The standard InChI is InChI=1S/C12H8IN3O4/c13-6-1-2-8(7(3-6)12(19)20)16-11(18)9-4-15-10(17)5-14-9/h1-5H,(H,15,17)(H,16,18)(H,19,20). The summed E-state index contributed by atoms with van der Waals surface area (Å²) in [6.07, 6.45) is 2.13. The number of rotatable bonds is 3. The molecule has 1 aromatic heterocycles. The Morgan fingerprint density at radius 3 is 2.70 bits per heavy atom. The molecule has 0 atom stereocenters. The Kier molecular flexibility index (Phi) is 4.13. The largest absolute Gasteiger partial charge is 0.478 e. The van der Waals surface area contributed by atoms with E-state index in [0.29, 0.717) is 0 Å². The van der Waals surface area contributed by atoms with Gasteiger partial charge < -0.3 is 15.4 Å². The van der Waals surface area contributed by atoms with E-state index in [1.165, 1.54) is 12.1 Å². The van der Waals surface area contributed by atoms with E-state index in [1.807, 2.05) is 22.6 Å². The number of aromatic nitrogens is 2. The molecule has 8 heteroatoms. The van der Waals surface area contributed by atoms with Crippen molar-refractivity contribution in [1.29, 1.82) is 0 Å². The first-order chi connectivity index (χ1) is 9.47. The van der Waals surface area contributed by atoms with Gasteiger partial charge in [0.05, 0.1) is 17.4 Å². The molecule has 1 amide bonds. The third-order valence-corrected chi connectivity index (χ3v) is 3.04. The molecule has 2 aromatic rings. The second-order valence-electron chi connectivity index (χ2n) is 3.75. The summed E-state index contributed by atoms with van der Waals surface area (Å²) >= 11 is 1.98. The van der Waals surface area contributed by atoms with Crippen molar-refractivity contribution in [1.82, 2.24) is 9.97 Å². The molecule has 3 N–H and O–H groups in total. The van der Waals surface area contributed by atoms with Gasteiger partial charge in [0.2, 0.25) is 0 Å². The number of anilines is 1. The van der Waals surface area contributed by atoms with Crippen LogP contribution in [0.2, 0.25) is 0 Å². The molecule has 0 radical (unpaired) electrons. The zero-order valence-corrected chi connectivity index (χ0v) is 12.0. The minimum absolute atomic E-state index is 0.0144. The molecule has 0 bridgehead atoms. The highest BCUT2D eigenvalue weighted by atomic mass is 127. The Balaban J connectivity index is 2.30. The van der Waals surface area contributed by atoms with Crippen LogP contribution in [-0.4, -0.2) is 27.0 Å². The van der Waals surface area contributed by atoms with Crippen molar-refractivity contribution in [2.45, 2.75) is 0 Å². The van der Waals surface area contributed by atoms with Gasteiger partial charge in [-0.15, -0.1) is 0 Å². The smallest absolute Gasteiger partial charge is 0.337 e. The van der Waals surface area contributed by atoms with Crippen molar-refractivity contribution in [2.75, 3.05) is 5.32 Å². The maximum Gasteiger partial charge on any atom is 0.337 e. The lowest BCUT2D eigenvalue weighted by molar-refractivity contribution is 0.0698. The number of amides is 1. The van der Waals surface area contributed by atoms with Crippen LogP contribution in [0.3, 0.4) is 0 Å². The Morgan fingerprint density at radius 2 is 2.10 bits per heavy atom. The topological polar surface area (TPSA) is 112 Å². The molecule has 1 heterocycles. The predicted octanol–water partition coefficient (Wildman–Crippen LogP) is 1.32. The Morgan fingerprint density at radius 1 is 1.35 bits per heavy atom. The molecular formula is C12H8IN3O4. The molecule has 0 saturated heterocycles. The summed E-state index contributed by atoms with van der Waals surface area (Å²) in [6, 6.07) is 4.61. The number of halogens is 1. The van der Waals surface area contributed by atoms with Crippen molar-refractivity contribution >= 4 is 40.2 Å². The van der Waals surface area contributed by atoms with Gasteiger partial charge in [0.15, 0.2) is 0 Å². The second-order valence-corrected chi connectivity index (χ2v) is 4.99. The van der Waals surface area contributed by atoms with Crippen LogP contribution in [0.4, 0.5) is 5.69 Å². The maximum absolute atomic E-state index is 11.9. The number of carboxylic acids is 1. The van der Waals surface area contributed by atoms with Gasteiger partial charge in [0.1, 0.15) is 5.69 Å². The first-order valence-electron chi connectivity index (χ1n) is 5.36. The highest BCUT2D eigenvalue weighted by molar-refractivity contribution is 14.1. The highest BCUT2D eigenvalue weighted by Gasteiger charge is 2.14. The number of hydrogen-bond donors (Lipinski definition) is 3. The Labute approximate surface area is 126 Å². The fourth-order valence-corrected chi connectivity index (χ4v) is 1.95. The predicted molar refractivity (Wildman–Crippen MR) is 78.9 cm³/mol. The van der Waals surface area contributed by atoms with Crippen LogP contribution < -0.4 is 10.9 Å². The van der Waals surface area contributed by atoms with Crippen LogP contribution in [0.25, 0.3) is 0 Å². The fraction of sp³-hybridized carbons (Fsp3) is 0. The van der Waals surface area contributed by atoms with E-state index in [1.54, 1.807) is 6.07 Å². The summed E-state index contributed by atoms with van der Waals surface area (Å²) < 4.78 is 0.736. The van der Waals surface area contributed by atoms with E-state index >= 15 is 0 Å². The summed E-state index contributed by atoms with van der Waals surface area (Å²) in [5.74, 6) is -1.75. The van der Waals surface area contributed by atoms with Gasteiger partial charge in [0, 0.05) is 9.77 Å². The molecule has 1 aromatic carbocycles. The third kappa shape index (κ3) is 3.20. The maximum atomic E-state index is 11.9. The van der Waals surface area contributed by atoms with Crippen molar-refractivity contribution in [3.8, 4) is 0 Å². The van der Waals surface area contributed by atoms with E-state index in [9.17, 15) is 14.4 Å². The summed E-state index contributed by atoms with van der Waals surface area (Å²) in [7, 11) is 0. The van der Waals surface area contributed by atoms with Crippen molar-refractivity contribution in [3.63, 3.8) is 0 Å². The Hall–Kier alpha value is -2.23. The van der Waals surface area contributed by atoms with Crippen LogP contribution in [0.15, 0.2) is 35.4 Å². The lowest BCUT2D eigenvalue weighted by Gasteiger charge is -2.08. The van der Waals surface area contributed by atoms with Crippen LogP contribution in [0.1, 0.15) is 20.8 Å². The molecule has 0 saturated carbocycles. The molecule has 0 unspecified atom stereocenters. The second kappa shape index (κ2) is 5.82. The molecule has 0 aliphatic rings. The lowest BCUT2D eigenvalue weighted by atomic mass is 10.2. The summed E-state index contributed by atoms with van der Waals surface area (Å²) in [4.78, 5) is 39.8. The van der Waals surface area contributed by atoms with Gasteiger partial charge in [-0.25, -0.2) is 9.78 Å². The third-order valence-electron chi connectivity index (χ3n) is 2.36. The average Bonchev–Trinajstić information content (AvgIpc) is 2.41. The number of H-pyrrole nitrogens is 1. The van der Waals surface area contributed by atoms with E-state index < -0.39 is 17.4 Å². The SMILES string of the molecule is O=C(Nc1ccc(I)cc1C(=O)O)c1c[nH]c(=O)cn1. The molecule has 0 spiro atoms. The fourth-order valence-electron chi connectivity index (χ4n) is 1.46. The number of nitrogens with zero attached hydrogens (tertiary/aromatic N) is 1. The van der Waals surface area contributed by atoms with Crippen molar-refractivity contribution in [3.05, 3.63) is 55.8 Å². The lowest BCUT2D eigenvalue weighted by Crippen LogP contribution is -2.18. The van der Waals surface area contributed by atoms with Crippen LogP contribution in [0.5, 0.6) is 0 Å². The average molecular weight is 385 g/mol. The van der Waals surface area contributed by atoms with Crippen molar-refractivity contribution in [2.24, 2.45) is 0 Å². The zero-order chi connectivity index (χ0) is 14.7. The number of carbonyl (C=O) groups is 2. The van der Waals surface area contributed by atoms with Gasteiger partial charge in [-0.1, -0.05) is 0 Å². The molecule has 0 aliphatic carbocycles. The molecule has 2 rings (SSSR count). The molecular weight excluding hydrogens is 377 g/mol. The summed E-state index contributed by atoms with van der Waals surface area (Å²) in [5, 5.41) is 11.5. The number of nitrogens with one attached hydrogen (secondary N) is 2. The normalized spacial score (nSPS) is 10.1. The number of hydrogen-bond acceptors (Lipinski definition) is 4. The van der Waals surface area contributed by atoms with Crippen LogP contribution >= 0.6 is 22.6 Å². The molecule has 20 heavy (non-hydrogen) atoms. The number of carboxylic acid groups (broad SMARTS) is 1. The number of aromatic carboxylic acids is 1. The zero-order valence-electron chi connectivity index (χ0n) is 9.88. The van der Waals surface area contributed by atoms with Gasteiger partial charge in [-0.3, -0.25) is 9.59 Å². The summed E-state index contributed by atoms with van der Waals surface area (Å²) in [6.45, 7) is 0. The number of aromatic amines is 1. The van der Waals surface area contributed by atoms with E-state index in [2.05, 4.69) is 15.3 Å². The quantitative estimate of drug-likeness (QED) is 0.691. The number of benzene rings is 1. The van der Waals surface area contributed by atoms with Crippen LogP contribution in [0, 0.1) is 3.57 Å². The molecule has 0 aliphatic heterocycles. The van der Waals surface area contributed by atoms with Crippen molar-refractivity contribution < 1.29 is 14.7 Å². The first kappa shape index (κ1) is 14.2. The number of carbonyl (C=O) groups excluding carboxylic acids is 1. The summed E-state index contributed by atoms with van der Waals surface area (Å²) in [5.41, 5.74) is -0.299. The molecule has 102 valence electrons. The molecule has 7 nitrogen and oxygen atoms in total. The van der Waals surface area contributed by atoms with Crippen LogP contribution in [-0.2, 0) is 0 Å². The van der Waals surface area contributed by atoms with E-state index in [4.69, 9.17) is 5.11 Å². The van der Waals surface area contributed by atoms with Gasteiger partial charge in [-0.2, -0.15) is 0 Å². The Bertz CT molecular complexity index is 721.